The van der Waals surface area contributed by atoms with Gasteiger partial charge in [0, 0.05) is 35.3 Å². The molecule has 0 fully saturated rings. The van der Waals surface area contributed by atoms with Gasteiger partial charge in [0.1, 0.15) is 11.3 Å². The largest absolute Gasteiger partial charge is 0.484 e. The number of benzene rings is 2. The Kier molecular flexibility index (Phi) is 5.92. The van der Waals surface area contributed by atoms with E-state index >= 15 is 0 Å². The molecule has 1 aromatic heterocycles. The fourth-order valence-electron chi connectivity index (χ4n) is 3.01. The van der Waals surface area contributed by atoms with Crippen molar-refractivity contribution in [1.29, 1.82) is 0 Å². The van der Waals surface area contributed by atoms with Gasteiger partial charge in [-0.05, 0) is 42.7 Å². The van der Waals surface area contributed by atoms with Gasteiger partial charge in [0.15, 0.2) is 6.61 Å². The molecule has 0 aliphatic heterocycles. The van der Waals surface area contributed by atoms with Crippen LogP contribution in [-0.2, 0) is 11.2 Å². The maximum atomic E-state index is 12.2. The van der Waals surface area contributed by atoms with Crippen LogP contribution >= 0.6 is 0 Å². The van der Waals surface area contributed by atoms with E-state index in [9.17, 15) is 19.7 Å². The number of anilines is 1. The molecule has 0 saturated carbocycles. The van der Waals surface area contributed by atoms with Gasteiger partial charge in [-0.2, -0.15) is 0 Å². The molecule has 8 nitrogen and oxygen atoms in total. The van der Waals surface area contributed by atoms with Gasteiger partial charge < -0.3 is 14.5 Å². The topological polar surface area (TPSA) is 112 Å². The Labute approximate surface area is 166 Å². The quantitative estimate of drug-likeness (QED) is 0.367. The molecule has 0 unspecified atom stereocenters. The number of non-ortho nitro benzene ring substituents is 1. The molecule has 1 N–H and O–H groups in total. The maximum absolute atomic E-state index is 12.2. The lowest BCUT2D eigenvalue weighted by molar-refractivity contribution is -0.384. The molecule has 0 bridgehead atoms. The van der Waals surface area contributed by atoms with Crippen LogP contribution in [0.1, 0.15) is 24.5 Å². The fourth-order valence-corrected chi connectivity index (χ4v) is 3.01. The second kappa shape index (κ2) is 8.55. The molecule has 0 aliphatic carbocycles. The highest BCUT2D eigenvalue weighted by molar-refractivity contribution is 5.92. The Bertz CT molecular complexity index is 1140. The Morgan fingerprint density at radius 3 is 2.69 bits per heavy atom. The third kappa shape index (κ3) is 4.78. The van der Waals surface area contributed by atoms with Crippen molar-refractivity contribution in [3.05, 3.63) is 74.1 Å². The van der Waals surface area contributed by atoms with Crippen LogP contribution in [0.3, 0.4) is 0 Å². The average molecular weight is 396 g/mol. The molecule has 3 rings (SSSR count). The highest BCUT2D eigenvalue weighted by atomic mass is 16.6. The lowest BCUT2D eigenvalue weighted by Gasteiger charge is -2.10. The van der Waals surface area contributed by atoms with E-state index in [2.05, 4.69) is 5.32 Å². The first-order valence-electron chi connectivity index (χ1n) is 9.12. The highest BCUT2D eigenvalue weighted by Crippen LogP contribution is 2.24. The molecule has 1 heterocycles. The Morgan fingerprint density at radius 2 is 2.00 bits per heavy atom. The van der Waals surface area contributed by atoms with Gasteiger partial charge in [-0.25, -0.2) is 4.79 Å². The third-order valence-electron chi connectivity index (χ3n) is 4.39. The zero-order valence-electron chi connectivity index (χ0n) is 16.1. The van der Waals surface area contributed by atoms with Crippen molar-refractivity contribution in [1.82, 2.24) is 0 Å². The summed E-state index contributed by atoms with van der Waals surface area (Å²) in [6.45, 7) is 3.44. The summed E-state index contributed by atoms with van der Waals surface area (Å²) in [7, 11) is 0. The third-order valence-corrected chi connectivity index (χ3v) is 4.39. The van der Waals surface area contributed by atoms with E-state index < -0.39 is 16.5 Å². The minimum Gasteiger partial charge on any atom is -0.484 e. The predicted molar refractivity (Wildman–Crippen MR) is 108 cm³/mol. The number of carbonyl (C=O) groups is 1. The molecule has 0 radical (unpaired) electrons. The predicted octanol–water partition coefficient (Wildman–Crippen LogP) is 3.98. The Morgan fingerprint density at radius 1 is 1.21 bits per heavy atom. The van der Waals surface area contributed by atoms with Crippen molar-refractivity contribution in [3.63, 3.8) is 0 Å². The number of carbonyl (C=O) groups excluding carboxylic acids is 1. The van der Waals surface area contributed by atoms with Crippen molar-refractivity contribution in [2.75, 3.05) is 11.9 Å². The number of rotatable bonds is 7. The lowest BCUT2D eigenvalue weighted by Crippen LogP contribution is -2.20. The molecule has 29 heavy (non-hydrogen) atoms. The van der Waals surface area contributed by atoms with Crippen molar-refractivity contribution >= 4 is 28.3 Å². The van der Waals surface area contributed by atoms with Crippen LogP contribution in [0.25, 0.3) is 11.0 Å². The van der Waals surface area contributed by atoms with Crippen LogP contribution in [-0.4, -0.2) is 17.4 Å². The van der Waals surface area contributed by atoms with E-state index in [1.807, 2.05) is 6.92 Å². The van der Waals surface area contributed by atoms with E-state index in [1.54, 1.807) is 25.1 Å². The van der Waals surface area contributed by atoms with E-state index in [1.165, 1.54) is 24.3 Å². The number of nitro groups is 1. The summed E-state index contributed by atoms with van der Waals surface area (Å²) in [5, 5.41) is 14.3. The number of hydrogen-bond donors (Lipinski definition) is 1. The molecule has 1 amide bonds. The van der Waals surface area contributed by atoms with Crippen molar-refractivity contribution < 1.29 is 18.9 Å². The molecule has 3 aromatic rings. The summed E-state index contributed by atoms with van der Waals surface area (Å²) in [4.78, 5) is 34.2. The van der Waals surface area contributed by atoms with Crippen LogP contribution in [0.5, 0.6) is 5.75 Å². The van der Waals surface area contributed by atoms with Crippen molar-refractivity contribution in [2.24, 2.45) is 0 Å². The molecule has 8 heteroatoms. The zero-order valence-corrected chi connectivity index (χ0v) is 16.1. The first-order valence-corrected chi connectivity index (χ1v) is 9.12. The van der Waals surface area contributed by atoms with Gasteiger partial charge in [0.25, 0.3) is 11.6 Å². The molecule has 2 aromatic carbocycles. The maximum Gasteiger partial charge on any atom is 0.336 e. The SMILES string of the molecule is CCCc1cc(=O)oc2cc(OCC(=O)Nc3ccc([N+](=O)[O-])cc3C)ccc12. The highest BCUT2D eigenvalue weighted by Gasteiger charge is 2.12. The molecular formula is C21H20N2O6. The molecule has 0 aliphatic rings. The molecule has 0 spiro atoms. The Hall–Kier alpha value is -3.68. The number of aryl methyl sites for hydroxylation is 2. The first kappa shape index (κ1) is 20.1. The van der Waals surface area contributed by atoms with Crippen LogP contribution in [0.15, 0.2) is 51.7 Å². The Balaban J connectivity index is 1.69. The van der Waals surface area contributed by atoms with Gasteiger partial charge in [0.2, 0.25) is 0 Å². The summed E-state index contributed by atoms with van der Waals surface area (Å²) < 4.78 is 10.8. The summed E-state index contributed by atoms with van der Waals surface area (Å²) in [6, 6.07) is 10.8. The molecule has 0 atom stereocenters. The normalized spacial score (nSPS) is 10.7. The number of nitrogens with zero attached hydrogens (tertiary/aromatic N) is 1. The van der Waals surface area contributed by atoms with E-state index in [-0.39, 0.29) is 12.3 Å². The van der Waals surface area contributed by atoms with Gasteiger partial charge in [-0.1, -0.05) is 13.3 Å². The fraction of sp³-hybridized carbons (Fsp3) is 0.238. The second-order valence-electron chi connectivity index (χ2n) is 6.59. The molecule has 150 valence electrons. The summed E-state index contributed by atoms with van der Waals surface area (Å²) in [6.07, 6.45) is 1.67. The number of nitro benzene ring substituents is 1. The summed E-state index contributed by atoms with van der Waals surface area (Å²) in [5.41, 5.74) is 1.89. The lowest BCUT2D eigenvalue weighted by atomic mass is 10.1. The molecule has 0 saturated heterocycles. The van der Waals surface area contributed by atoms with Gasteiger partial charge in [0.05, 0.1) is 4.92 Å². The average Bonchev–Trinajstić information content (AvgIpc) is 2.67. The zero-order chi connectivity index (χ0) is 21.0. The number of ether oxygens (including phenoxy) is 1. The van der Waals surface area contributed by atoms with Crippen molar-refractivity contribution in [2.45, 2.75) is 26.7 Å². The minimum absolute atomic E-state index is 0.0446. The number of hydrogen-bond acceptors (Lipinski definition) is 6. The number of fused-ring (bicyclic) bond motifs is 1. The first-order chi connectivity index (χ1) is 13.9. The van der Waals surface area contributed by atoms with Crippen LogP contribution in [0.2, 0.25) is 0 Å². The van der Waals surface area contributed by atoms with Crippen LogP contribution in [0.4, 0.5) is 11.4 Å². The monoisotopic (exact) mass is 396 g/mol. The van der Waals surface area contributed by atoms with Gasteiger partial charge in [-0.15, -0.1) is 0 Å². The van der Waals surface area contributed by atoms with Gasteiger partial charge in [-0.3, -0.25) is 14.9 Å². The van der Waals surface area contributed by atoms with Crippen LogP contribution < -0.4 is 15.7 Å². The number of nitrogens with one attached hydrogen (secondary N) is 1. The summed E-state index contributed by atoms with van der Waals surface area (Å²) in [5.74, 6) is -0.0203. The van der Waals surface area contributed by atoms with Crippen molar-refractivity contribution in [3.8, 4) is 5.75 Å². The number of amides is 1. The minimum atomic E-state index is -0.494. The molecular weight excluding hydrogens is 376 g/mol. The van der Waals surface area contributed by atoms with E-state index in [0.717, 1.165) is 23.8 Å². The second-order valence-corrected chi connectivity index (χ2v) is 6.59. The smallest absolute Gasteiger partial charge is 0.336 e. The van der Waals surface area contributed by atoms with Gasteiger partial charge >= 0.3 is 5.63 Å². The van der Waals surface area contributed by atoms with Crippen LogP contribution in [0, 0.1) is 17.0 Å². The van der Waals surface area contributed by atoms with E-state index in [4.69, 9.17) is 9.15 Å². The van der Waals surface area contributed by atoms with E-state index in [0.29, 0.717) is 22.6 Å². The standard InChI is InChI=1S/C21H20N2O6/c1-3-4-14-10-21(25)29-19-11-16(6-7-17(14)19)28-12-20(24)22-18-8-5-15(23(26)27)9-13(18)2/h5-11H,3-4,12H2,1-2H3,(H,22,24). The summed E-state index contributed by atoms with van der Waals surface area (Å²) >= 11 is 0.